The summed E-state index contributed by atoms with van der Waals surface area (Å²) in [5.74, 6) is -0.332. The van der Waals surface area contributed by atoms with Gasteiger partial charge >= 0.3 is 0 Å². The van der Waals surface area contributed by atoms with Crippen LogP contribution in [0, 0.1) is 0 Å². The van der Waals surface area contributed by atoms with Crippen LogP contribution in [0.1, 0.15) is 30.6 Å². The van der Waals surface area contributed by atoms with Gasteiger partial charge in [0.15, 0.2) is 0 Å². The highest BCUT2D eigenvalue weighted by atomic mass is 35.5. The molecule has 0 atom stereocenters. The molecule has 1 rings (SSSR count). The van der Waals surface area contributed by atoms with Crippen LogP contribution >= 0.6 is 23.2 Å². The number of halogens is 2. The van der Waals surface area contributed by atoms with Gasteiger partial charge in [0.25, 0.3) is 11.9 Å². The highest BCUT2D eigenvalue weighted by molar-refractivity contribution is 6.42. The molecular weight excluding hydrogens is 337 g/mol. The number of hydrogen-bond donors (Lipinski definition) is 2. The van der Waals surface area contributed by atoms with Crippen molar-refractivity contribution in [3.8, 4) is 0 Å². The quantitative estimate of drug-likeness (QED) is 0.463. The molecule has 0 aromatic heterocycles. The number of quaternary nitrogens is 1. The summed E-state index contributed by atoms with van der Waals surface area (Å²) in [7, 11) is 4.17. The molecule has 1 aromatic carbocycles. The lowest BCUT2D eigenvalue weighted by Crippen LogP contribution is -3.05. The largest absolute Gasteiger partial charge is 0.462 e. The van der Waals surface area contributed by atoms with Crippen LogP contribution in [0.25, 0.3) is 0 Å². The molecule has 0 aliphatic carbocycles. The van der Waals surface area contributed by atoms with Crippen molar-refractivity contribution in [2.75, 3.05) is 27.2 Å². The van der Waals surface area contributed by atoms with Crippen molar-refractivity contribution in [2.45, 2.75) is 26.4 Å². The van der Waals surface area contributed by atoms with Crippen LogP contribution in [0.5, 0.6) is 0 Å². The number of carbonyl (C=O) groups excluding carboxylic acids is 1. The van der Waals surface area contributed by atoms with Crippen molar-refractivity contribution >= 4 is 35.1 Å². The van der Waals surface area contributed by atoms with Gasteiger partial charge in [0.2, 0.25) is 0 Å². The maximum Gasteiger partial charge on any atom is 0.291 e. The molecule has 1 amide bonds. The number of nitrogens with zero attached hydrogens (tertiary/aromatic N) is 1. The third-order valence-electron chi connectivity index (χ3n) is 2.84. The Morgan fingerprint density at radius 2 is 2.00 bits per heavy atom. The number of benzene rings is 1. The van der Waals surface area contributed by atoms with Crippen LogP contribution in [0.2, 0.25) is 10.0 Å². The topological polar surface area (TPSA) is 55.1 Å². The molecule has 7 heteroatoms. The third kappa shape index (κ3) is 7.68. The van der Waals surface area contributed by atoms with Crippen molar-refractivity contribution in [2.24, 2.45) is 4.99 Å². The van der Waals surface area contributed by atoms with Gasteiger partial charge in [-0.05, 0) is 32.0 Å². The van der Waals surface area contributed by atoms with E-state index in [1.807, 2.05) is 13.8 Å². The second-order valence-electron chi connectivity index (χ2n) is 5.75. The molecule has 0 saturated heterocycles. The molecule has 0 saturated carbocycles. The van der Waals surface area contributed by atoms with E-state index in [9.17, 15) is 4.79 Å². The van der Waals surface area contributed by atoms with E-state index in [1.165, 1.54) is 11.0 Å². The zero-order valence-corrected chi connectivity index (χ0v) is 15.5. The zero-order valence-electron chi connectivity index (χ0n) is 14.0. The van der Waals surface area contributed by atoms with Gasteiger partial charge in [-0.3, -0.25) is 10.1 Å². The van der Waals surface area contributed by atoms with Crippen LogP contribution < -0.4 is 10.2 Å². The highest BCUT2D eigenvalue weighted by Crippen LogP contribution is 2.22. The molecule has 2 N–H and O–H groups in total. The van der Waals surface area contributed by atoms with Gasteiger partial charge < -0.3 is 9.64 Å². The highest BCUT2D eigenvalue weighted by Gasteiger charge is 2.12. The summed E-state index contributed by atoms with van der Waals surface area (Å²) in [6, 6.07) is 4.93. The lowest BCUT2D eigenvalue weighted by atomic mass is 10.2. The van der Waals surface area contributed by atoms with Crippen molar-refractivity contribution in [1.82, 2.24) is 5.32 Å². The van der Waals surface area contributed by atoms with Gasteiger partial charge in [0.05, 0.1) is 36.8 Å². The van der Waals surface area contributed by atoms with Crippen LogP contribution in [-0.2, 0) is 4.74 Å². The van der Waals surface area contributed by atoms with E-state index in [4.69, 9.17) is 27.9 Å². The minimum Gasteiger partial charge on any atom is -0.462 e. The molecule has 0 heterocycles. The van der Waals surface area contributed by atoms with Gasteiger partial charge in [0, 0.05) is 18.5 Å². The number of carbonyl (C=O) groups is 1. The Balaban J connectivity index is 2.73. The number of amides is 1. The fraction of sp³-hybridized carbons (Fsp3) is 0.500. The first-order valence-electron chi connectivity index (χ1n) is 7.56. The molecule has 0 aliphatic rings. The van der Waals surface area contributed by atoms with E-state index in [0.717, 1.165) is 13.0 Å². The molecule has 1 aromatic rings. The third-order valence-corrected chi connectivity index (χ3v) is 3.58. The second kappa shape index (κ2) is 9.75. The van der Waals surface area contributed by atoms with Crippen LogP contribution in [0.4, 0.5) is 0 Å². The predicted octanol–water partition coefficient (Wildman–Crippen LogP) is 2.04. The lowest BCUT2D eigenvalue weighted by molar-refractivity contribution is -0.858. The summed E-state index contributed by atoms with van der Waals surface area (Å²) < 4.78 is 5.56. The van der Waals surface area contributed by atoms with E-state index in [1.54, 1.807) is 12.1 Å². The zero-order chi connectivity index (χ0) is 17.4. The van der Waals surface area contributed by atoms with Gasteiger partial charge in [-0.1, -0.05) is 23.2 Å². The Morgan fingerprint density at radius 1 is 1.30 bits per heavy atom. The summed E-state index contributed by atoms with van der Waals surface area (Å²) in [4.78, 5) is 17.9. The number of ether oxygens (including phenoxy) is 1. The number of nitrogens with one attached hydrogen (secondary N) is 2. The second-order valence-corrected chi connectivity index (χ2v) is 6.56. The van der Waals surface area contributed by atoms with E-state index < -0.39 is 0 Å². The van der Waals surface area contributed by atoms with E-state index in [-0.39, 0.29) is 18.0 Å². The standard InChI is InChI=1S/C16H23Cl2N3O2/c1-11(2)23-16(19-8-5-9-21(3)4)20-15(22)12-6-7-13(17)14(18)10-12/h6-7,10-11H,5,8-9H2,1-4H3,(H,19,20,22)/p+1. The predicted molar refractivity (Wildman–Crippen MR) is 94.7 cm³/mol. The van der Waals surface area contributed by atoms with Gasteiger partial charge in [-0.2, -0.15) is 0 Å². The van der Waals surface area contributed by atoms with Gasteiger partial charge in [-0.25, -0.2) is 4.99 Å². The molecular formula is C16H24Cl2N3O2+. The average molecular weight is 361 g/mol. The first kappa shape index (κ1) is 19.7. The Morgan fingerprint density at radius 3 is 2.57 bits per heavy atom. The molecule has 0 spiro atoms. The Hall–Kier alpha value is -1.30. The fourth-order valence-corrected chi connectivity index (χ4v) is 2.05. The van der Waals surface area contributed by atoms with E-state index in [2.05, 4.69) is 24.4 Å². The molecule has 23 heavy (non-hydrogen) atoms. The normalized spacial score (nSPS) is 11.9. The maximum absolute atomic E-state index is 12.3. The molecule has 0 fully saturated rings. The van der Waals surface area contributed by atoms with Crippen molar-refractivity contribution in [3.05, 3.63) is 33.8 Å². The summed E-state index contributed by atoms with van der Waals surface area (Å²) in [5, 5.41) is 3.41. The SMILES string of the molecule is CC(C)OC(=NCCC[NH+](C)C)NC(=O)c1ccc(Cl)c(Cl)c1. The lowest BCUT2D eigenvalue weighted by Gasteiger charge is -2.14. The summed E-state index contributed by atoms with van der Waals surface area (Å²) in [6.45, 7) is 5.35. The first-order valence-corrected chi connectivity index (χ1v) is 8.31. The summed E-state index contributed by atoms with van der Waals surface area (Å²) >= 11 is 11.8. The number of amidine groups is 1. The Labute approximate surface area is 147 Å². The smallest absolute Gasteiger partial charge is 0.291 e. The first-order chi connectivity index (χ1) is 10.8. The van der Waals surface area contributed by atoms with E-state index in [0.29, 0.717) is 22.2 Å². The van der Waals surface area contributed by atoms with E-state index >= 15 is 0 Å². The molecule has 128 valence electrons. The summed E-state index contributed by atoms with van der Waals surface area (Å²) in [5.41, 5.74) is 0.400. The van der Waals surface area contributed by atoms with Crippen LogP contribution in [0.15, 0.2) is 23.2 Å². The number of hydrogen-bond acceptors (Lipinski definition) is 3. The number of aliphatic imine (C=N–C) groups is 1. The molecule has 0 bridgehead atoms. The minimum absolute atomic E-state index is 0.0812. The van der Waals surface area contributed by atoms with Crippen molar-refractivity contribution < 1.29 is 14.4 Å². The van der Waals surface area contributed by atoms with Crippen molar-refractivity contribution in [3.63, 3.8) is 0 Å². The van der Waals surface area contributed by atoms with Crippen LogP contribution in [-0.4, -0.2) is 45.2 Å². The summed E-state index contributed by atoms with van der Waals surface area (Å²) in [6.07, 6.45) is 0.831. The minimum atomic E-state index is -0.332. The maximum atomic E-state index is 12.3. The Bertz CT molecular complexity index is 560. The van der Waals surface area contributed by atoms with Crippen molar-refractivity contribution in [1.29, 1.82) is 0 Å². The Kier molecular flexibility index (Phi) is 8.37. The molecule has 0 aliphatic heterocycles. The molecule has 0 unspecified atom stereocenters. The molecule has 5 nitrogen and oxygen atoms in total. The van der Waals surface area contributed by atoms with Gasteiger partial charge in [0.1, 0.15) is 0 Å². The number of rotatable bonds is 6. The average Bonchev–Trinajstić information content (AvgIpc) is 2.45. The van der Waals surface area contributed by atoms with Crippen LogP contribution in [0.3, 0.4) is 0 Å². The monoisotopic (exact) mass is 360 g/mol. The van der Waals surface area contributed by atoms with Gasteiger partial charge in [-0.15, -0.1) is 0 Å². The molecule has 0 radical (unpaired) electrons. The fourth-order valence-electron chi connectivity index (χ4n) is 1.75.